The van der Waals surface area contributed by atoms with Crippen LogP contribution < -0.4 is 5.32 Å². The largest absolute Gasteiger partial charge is 0.441 e. The minimum absolute atomic E-state index is 0.281. The topological polar surface area (TPSA) is 75.6 Å². The molecule has 1 aliphatic rings. The number of β-lactam (4-membered cyclic amide) rings is 1. The number of amides is 1. The normalized spacial score (nSPS) is 30.1. The lowest BCUT2D eigenvalue weighted by atomic mass is 9.94. The number of esters is 1. The SMILES string of the molecule is CC(=O)O[C@@H]1NC(=O)[C@H]1[C@H](C)O. The van der Waals surface area contributed by atoms with Crippen molar-refractivity contribution in [2.75, 3.05) is 0 Å². The van der Waals surface area contributed by atoms with Gasteiger partial charge in [0.1, 0.15) is 5.92 Å². The van der Waals surface area contributed by atoms with Crippen molar-refractivity contribution in [3.05, 3.63) is 0 Å². The lowest BCUT2D eigenvalue weighted by molar-refractivity contribution is -0.173. The maximum atomic E-state index is 10.8. The summed E-state index contributed by atoms with van der Waals surface area (Å²) in [6.07, 6.45) is -1.45. The van der Waals surface area contributed by atoms with Crippen LogP contribution in [0.4, 0.5) is 0 Å². The molecule has 0 unspecified atom stereocenters. The first-order chi connectivity index (χ1) is 5.52. The maximum absolute atomic E-state index is 10.8. The van der Waals surface area contributed by atoms with E-state index in [4.69, 9.17) is 9.84 Å². The number of aliphatic hydroxyl groups is 1. The molecule has 3 atom stereocenters. The summed E-state index contributed by atoms with van der Waals surface area (Å²) in [7, 11) is 0. The Morgan fingerprint density at radius 1 is 1.75 bits per heavy atom. The lowest BCUT2D eigenvalue weighted by Gasteiger charge is -2.36. The second kappa shape index (κ2) is 3.10. The van der Waals surface area contributed by atoms with E-state index in [0.717, 1.165) is 0 Å². The smallest absolute Gasteiger partial charge is 0.304 e. The van der Waals surface area contributed by atoms with Crippen molar-refractivity contribution in [3.8, 4) is 0 Å². The first-order valence-corrected chi connectivity index (χ1v) is 3.68. The molecule has 0 aromatic heterocycles. The second-order valence-electron chi connectivity index (χ2n) is 2.81. The van der Waals surface area contributed by atoms with E-state index in [1.165, 1.54) is 13.8 Å². The zero-order valence-electron chi connectivity index (χ0n) is 6.90. The molecule has 0 aromatic carbocycles. The Labute approximate surface area is 69.7 Å². The van der Waals surface area contributed by atoms with Crippen LogP contribution in [0.25, 0.3) is 0 Å². The molecule has 0 aromatic rings. The van der Waals surface area contributed by atoms with Gasteiger partial charge in [-0.15, -0.1) is 0 Å². The number of carbonyl (C=O) groups is 2. The fourth-order valence-electron chi connectivity index (χ4n) is 1.12. The molecule has 5 nitrogen and oxygen atoms in total. The van der Waals surface area contributed by atoms with Crippen LogP contribution in [0, 0.1) is 5.92 Å². The van der Waals surface area contributed by atoms with Crippen molar-refractivity contribution in [2.45, 2.75) is 26.2 Å². The third-order valence-electron chi connectivity index (χ3n) is 1.73. The highest BCUT2D eigenvalue weighted by atomic mass is 16.6. The molecule has 5 heteroatoms. The summed E-state index contributed by atoms with van der Waals surface area (Å²) in [5.74, 6) is -1.36. The number of aliphatic hydroxyl groups excluding tert-OH is 1. The minimum atomic E-state index is -0.789. The Bertz CT molecular complexity index is 213. The molecular weight excluding hydrogens is 162 g/mol. The number of hydrogen-bond donors (Lipinski definition) is 2. The molecule has 1 aliphatic heterocycles. The third-order valence-corrected chi connectivity index (χ3v) is 1.73. The molecule has 12 heavy (non-hydrogen) atoms. The highest BCUT2D eigenvalue weighted by molar-refractivity contribution is 5.86. The highest BCUT2D eigenvalue weighted by Crippen LogP contribution is 2.19. The quantitative estimate of drug-likeness (QED) is 0.415. The predicted molar refractivity (Wildman–Crippen MR) is 38.9 cm³/mol. The predicted octanol–water partition coefficient (Wildman–Crippen LogP) is -0.998. The van der Waals surface area contributed by atoms with Crippen molar-refractivity contribution in [1.82, 2.24) is 5.32 Å². The van der Waals surface area contributed by atoms with Gasteiger partial charge in [0.2, 0.25) is 5.91 Å². The van der Waals surface area contributed by atoms with E-state index in [-0.39, 0.29) is 5.91 Å². The lowest BCUT2D eigenvalue weighted by Crippen LogP contribution is -2.63. The van der Waals surface area contributed by atoms with Crippen molar-refractivity contribution < 1.29 is 19.4 Å². The van der Waals surface area contributed by atoms with Gasteiger partial charge in [-0.25, -0.2) is 0 Å². The average Bonchev–Trinajstić information content (AvgIpc) is 1.82. The Kier molecular flexibility index (Phi) is 2.32. The number of rotatable bonds is 2. The number of ether oxygens (including phenoxy) is 1. The van der Waals surface area contributed by atoms with Crippen LogP contribution in [0.15, 0.2) is 0 Å². The van der Waals surface area contributed by atoms with E-state index in [1.54, 1.807) is 0 Å². The second-order valence-corrected chi connectivity index (χ2v) is 2.81. The summed E-state index contributed by atoms with van der Waals surface area (Å²) in [4.78, 5) is 21.3. The fourth-order valence-corrected chi connectivity index (χ4v) is 1.12. The summed E-state index contributed by atoms with van der Waals surface area (Å²) in [6.45, 7) is 2.74. The van der Waals surface area contributed by atoms with Crippen LogP contribution in [-0.4, -0.2) is 29.3 Å². The fraction of sp³-hybridized carbons (Fsp3) is 0.714. The summed E-state index contributed by atoms with van der Waals surface area (Å²) in [5, 5.41) is 11.4. The highest BCUT2D eigenvalue weighted by Gasteiger charge is 2.44. The minimum Gasteiger partial charge on any atom is -0.441 e. The summed E-state index contributed by atoms with van der Waals surface area (Å²) < 4.78 is 4.70. The van der Waals surface area contributed by atoms with Gasteiger partial charge in [0.15, 0.2) is 6.23 Å². The van der Waals surface area contributed by atoms with E-state index < -0.39 is 24.2 Å². The van der Waals surface area contributed by atoms with Gasteiger partial charge in [-0.3, -0.25) is 9.59 Å². The molecule has 1 amide bonds. The molecule has 0 saturated carbocycles. The monoisotopic (exact) mass is 173 g/mol. The average molecular weight is 173 g/mol. The van der Waals surface area contributed by atoms with Crippen LogP contribution >= 0.6 is 0 Å². The standard InChI is InChI=1S/C7H11NO4/c1-3(9)5-6(11)8-7(5)12-4(2)10/h3,5,7,9H,1-2H3,(H,8,11)/t3-,5+,7-/m0/s1. The molecule has 1 saturated heterocycles. The molecule has 0 radical (unpaired) electrons. The number of hydrogen-bond acceptors (Lipinski definition) is 4. The Balaban J connectivity index is 2.48. The molecule has 0 bridgehead atoms. The van der Waals surface area contributed by atoms with Gasteiger partial charge in [0.05, 0.1) is 6.10 Å². The molecule has 2 N–H and O–H groups in total. The van der Waals surface area contributed by atoms with E-state index in [9.17, 15) is 9.59 Å². The van der Waals surface area contributed by atoms with Crippen molar-refractivity contribution >= 4 is 11.9 Å². The van der Waals surface area contributed by atoms with Crippen LogP contribution in [0.1, 0.15) is 13.8 Å². The van der Waals surface area contributed by atoms with Crippen molar-refractivity contribution in [1.29, 1.82) is 0 Å². The molecule has 1 rings (SSSR count). The van der Waals surface area contributed by atoms with Crippen LogP contribution in [0.5, 0.6) is 0 Å². The van der Waals surface area contributed by atoms with Crippen LogP contribution in [0.2, 0.25) is 0 Å². The van der Waals surface area contributed by atoms with Gasteiger partial charge < -0.3 is 15.2 Å². The number of nitrogens with one attached hydrogen (secondary N) is 1. The first kappa shape index (κ1) is 8.99. The van der Waals surface area contributed by atoms with Crippen LogP contribution in [0.3, 0.4) is 0 Å². The Morgan fingerprint density at radius 2 is 2.33 bits per heavy atom. The van der Waals surface area contributed by atoms with Gasteiger partial charge >= 0.3 is 5.97 Å². The van der Waals surface area contributed by atoms with E-state index in [2.05, 4.69) is 5.32 Å². The van der Waals surface area contributed by atoms with Crippen LogP contribution in [-0.2, 0) is 14.3 Å². The molecule has 0 aliphatic carbocycles. The van der Waals surface area contributed by atoms with Gasteiger partial charge in [0.25, 0.3) is 0 Å². The van der Waals surface area contributed by atoms with Gasteiger partial charge in [-0.1, -0.05) is 0 Å². The van der Waals surface area contributed by atoms with Crippen molar-refractivity contribution in [2.24, 2.45) is 5.92 Å². The van der Waals surface area contributed by atoms with E-state index in [1.807, 2.05) is 0 Å². The van der Waals surface area contributed by atoms with Gasteiger partial charge in [0, 0.05) is 6.92 Å². The van der Waals surface area contributed by atoms with E-state index >= 15 is 0 Å². The number of carbonyl (C=O) groups excluding carboxylic acids is 2. The third kappa shape index (κ3) is 1.55. The summed E-state index contributed by atoms with van der Waals surface area (Å²) in [5.41, 5.74) is 0. The maximum Gasteiger partial charge on any atom is 0.304 e. The molecule has 1 heterocycles. The van der Waals surface area contributed by atoms with Crippen molar-refractivity contribution in [3.63, 3.8) is 0 Å². The molecule has 1 fully saturated rings. The van der Waals surface area contributed by atoms with Gasteiger partial charge in [-0.05, 0) is 6.92 Å². The molecular formula is C7H11NO4. The zero-order chi connectivity index (χ0) is 9.30. The van der Waals surface area contributed by atoms with Gasteiger partial charge in [-0.2, -0.15) is 0 Å². The van der Waals surface area contributed by atoms with E-state index in [0.29, 0.717) is 0 Å². The Morgan fingerprint density at radius 3 is 2.67 bits per heavy atom. The molecule has 0 spiro atoms. The summed E-state index contributed by atoms with van der Waals surface area (Å²) in [6, 6.07) is 0. The zero-order valence-corrected chi connectivity index (χ0v) is 6.90. The first-order valence-electron chi connectivity index (χ1n) is 3.68. The molecule has 68 valence electrons. The Hall–Kier alpha value is -1.10. The summed E-state index contributed by atoms with van der Waals surface area (Å²) >= 11 is 0.